The van der Waals surface area contributed by atoms with Crippen molar-refractivity contribution in [3.05, 3.63) is 99.1 Å². The molecular weight excluding hydrogens is 400 g/mol. The molecule has 150 valence electrons. The van der Waals surface area contributed by atoms with Crippen LogP contribution in [0.3, 0.4) is 0 Å². The number of hydrogen-bond acceptors (Lipinski definition) is 4. The number of fused-ring (bicyclic) bond motifs is 1. The zero-order valence-electron chi connectivity index (χ0n) is 16.3. The molecule has 5 nitrogen and oxygen atoms in total. The van der Waals surface area contributed by atoms with Crippen LogP contribution in [-0.2, 0) is 6.61 Å². The molecule has 0 bridgehead atoms. The quantitative estimate of drug-likeness (QED) is 0.459. The topological polar surface area (TPSA) is 64.2 Å². The van der Waals surface area contributed by atoms with Gasteiger partial charge in [0.05, 0.1) is 18.0 Å². The average Bonchev–Trinajstić information content (AvgIpc) is 2.77. The zero-order valence-corrected chi connectivity index (χ0v) is 17.0. The second-order valence-corrected chi connectivity index (χ2v) is 7.00. The summed E-state index contributed by atoms with van der Waals surface area (Å²) in [6.45, 7) is 0.341. The molecule has 6 heteroatoms. The fourth-order valence-corrected chi connectivity index (χ4v) is 3.23. The molecule has 4 aromatic rings. The lowest BCUT2D eigenvalue weighted by Gasteiger charge is -2.12. The van der Waals surface area contributed by atoms with Gasteiger partial charge in [-0.05, 0) is 42.0 Å². The Labute approximate surface area is 178 Å². The number of para-hydroxylation sites is 1. The highest BCUT2D eigenvalue weighted by Gasteiger charge is 2.07. The number of nitrogens with one attached hydrogen (secondary N) is 1. The molecule has 0 atom stereocenters. The number of hydrogen-bond donors (Lipinski definition) is 1. The van der Waals surface area contributed by atoms with E-state index in [1.54, 1.807) is 19.3 Å². The summed E-state index contributed by atoms with van der Waals surface area (Å²) in [5.41, 5.74) is 2.27. The molecule has 1 heterocycles. The Morgan fingerprint density at radius 3 is 2.63 bits per heavy atom. The van der Waals surface area contributed by atoms with E-state index < -0.39 is 0 Å². The number of rotatable bonds is 6. The highest BCUT2D eigenvalue weighted by atomic mass is 35.5. The van der Waals surface area contributed by atoms with Gasteiger partial charge in [-0.3, -0.25) is 4.79 Å². The molecule has 0 radical (unpaired) electrons. The summed E-state index contributed by atoms with van der Waals surface area (Å²) in [7, 11) is 1.59. The summed E-state index contributed by atoms with van der Waals surface area (Å²) in [4.78, 5) is 19.4. The van der Waals surface area contributed by atoms with E-state index in [0.29, 0.717) is 39.9 Å². The van der Waals surface area contributed by atoms with Crippen LogP contribution in [-0.4, -0.2) is 17.1 Å². The number of methoxy groups -OCH3 is 1. The van der Waals surface area contributed by atoms with Crippen LogP contribution in [0.4, 0.5) is 0 Å². The summed E-state index contributed by atoms with van der Waals surface area (Å²) in [5.74, 6) is 1.70. The van der Waals surface area contributed by atoms with Gasteiger partial charge in [0, 0.05) is 10.6 Å². The van der Waals surface area contributed by atoms with Crippen molar-refractivity contribution in [2.75, 3.05) is 7.11 Å². The Kier molecular flexibility index (Phi) is 5.82. The van der Waals surface area contributed by atoms with Crippen molar-refractivity contribution in [1.82, 2.24) is 9.97 Å². The minimum atomic E-state index is -0.166. The minimum Gasteiger partial charge on any atom is -0.493 e. The van der Waals surface area contributed by atoms with Crippen LogP contribution in [0.5, 0.6) is 11.5 Å². The van der Waals surface area contributed by atoms with Crippen LogP contribution in [0.2, 0.25) is 5.02 Å². The highest BCUT2D eigenvalue weighted by molar-refractivity contribution is 6.31. The summed E-state index contributed by atoms with van der Waals surface area (Å²) in [6.07, 6.45) is 3.61. The number of halogens is 1. The van der Waals surface area contributed by atoms with E-state index >= 15 is 0 Å². The lowest BCUT2D eigenvalue weighted by atomic mass is 10.1. The Morgan fingerprint density at radius 1 is 1.00 bits per heavy atom. The van der Waals surface area contributed by atoms with Crippen molar-refractivity contribution < 1.29 is 9.47 Å². The molecule has 0 spiro atoms. The van der Waals surface area contributed by atoms with E-state index in [1.807, 2.05) is 66.7 Å². The monoisotopic (exact) mass is 418 g/mol. The fourth-order valence-electron chi connectivity index (χ4n) is 3.04. The number of nitrogens with zero attached hydrogens (tertiary/aromatic N) is 1. The first-order valence-corrected chi connectivity index (χ1v) is 9.73. The maximum absolute atomic E-state index is 12.2. The van der Waals surface area contributed by atoms with Crippen molar-refractivity contribution in [2.24, 2.45) is 0 Å². The maximum atomic E-state index is 12.2. The molecule has 0 aliphatic heterocycles. The van der Waals surface area contributed by atoms with Gasteiger partial charge in [-0.15, -0.1) is 0 Å². The van der Waals surface area contributed by atoms with Gasteiger partial charge in [-0.1, -0.05) is 54.1 Å². The number of benzene rings is 3. The van der Waals surface area contributed by atoms with Crippen molar-refractivity contribution in [3.8, 4) is 11.5 Å². The second-order valence-electron chi connectivity index (χ2n) is 6.59. The predicted octanol–water partition coefficient (Wildman–Crippen LogP) is 5.33. The molecule has 0 saturated heterocycles. The van der Waals surface area contributed by atoms with E-state index in [9.17, 15) is 4.79 Å². The van der Waals surface area contributed by atoms with Gasteiger partial charge >= 0.3 is 0 Å². The molecule has 30 heavy (non-hydrogen) atoms. The average molecular weight is 419 g/mol. The van der Waals surface area contributed by atoms with Gasteiger partial charge in [-0.2, -0.15) is 0 Å². The van der Waals surface area contributed by atoms with Gasteiger partial charge in [-0.25, -0.2) is 4.98 Å². The number of aromatic nitrogens is 2. The summed E-state index contributed by atoms with van der Waals surface area (Å²) < 4.78 is 11.4. The standard InChI is InChI=1S/C24H19ClN2O3/c1-29-22-14-16(10-12-21(22)30-15-17-6-2-4-8-19(17)25)11-13-23-26-20-9-5-3-7-18(20)24(28)27-23/h2-14H,15H2,1H3,(H,26,27,28)/b13-11+. The molecule has 1 N–H and O–H groups in total. The summed E-state index contributed by atoms with van der Waals surface area (Å²) in [6, 6.07) is 20.4. The van der Waals surface area contributed by atoms with Gasteiger partial charge in [0.2, 0.25) is 0 Å². The zero-order chi connectivity index (χ0) is 20.9. The molecule has 4 rings (SSSR count). The van der Waals surface area contributed by atoms with E-state index in [0.717, 1.165) is 11.1 Å². The SMILES string of the molecule is COc1cc(/C=C/c2nc3ccccc3c(=O)[nH]2)ccc1OCc1ccccc1Cl. The maximum Gasteiger partial charge on any atom is 0.259 e. The van der Waals surface area contributed by atoms with Crippen LogP contribution < -0.4 is 15.0 Å². The largest absolute Gasteiger partial charge is 0.493 e. The third kappa shape index (κ3) is 4.36. The van der Waals surface area contributed by atoms with Crippen molar-refractivity contribution in [1.29, 1.82) is 0 Å². The molecule has 0 saturated carbocycles. The number of aromatic amines is 1. The molecule has 1 aromatic heterocycles. The predicted molar refractivity (Wildman–Crippen MR) is 120 cm³/mol. The third-order valence-corrected chi connectivity index (χ3v) is 4.96. The third-order valence-electron chi connectivity index (χ3n) is 4.59. The van der Waals surface area contributed by atoms with Gasteiger partial charge < -0.3 is 14.5 Å². The van der Waals surface area contributed by atoms with Crippen LogP contribution in [0.1, 0.15) is 17.0 Å². The van der Waals surface area contributed by atoms with E-state index in [1.165, 1.54) is 0 Å². The van der Waals surface area contributed by atoms with Gasteiger partial charge in [0.25, 0.3) is 5.56 Å². The molecule has 3 aromatic carbocycles. The van der Waals surface area contributed by atoms with Crippen LogP contribution in [0.25, 0.3) is 23.1 Å². The second kappa shape index (κ2) is 8.84. The van der Waals surface area contributed by atoms with Crippen molar-refractivity contribution in [3.63, 3.8) is 0 Å². The first-order chi connectivity index (χ1) is 14.6. The van der Waals surface area contributed by atoms with E-state index in [2.05, 4.69) is 9.97 Å². The molecular formula is C24H19ClN2O3. The molecule has 0 fully saturated rings. The van der Waals surface area contributed by atoms with Crippen LogP contribution in [0.15, 0.2) is 71.5 Å². The van der Waals surface area contributed by atoms with Crippen LogP contribution in [0, 0.1) is 0 Å². The molecule has 0 aliphatic carbocycles. The fraction of sp³-hybridized carbons (Fsp3) is 0.0833. The molecule has 0 aliphatic rings. The van der Waals surface area contributed by atoms with Gasteiger partial charge in [0.1, 0.15) is 12.4 Å². The Balaban J connectivity index is 1.54. The Hall–Kier alpha value is -3.57. The number of H-pyrrole nitrogens is 1. The first-order valence-electron chi connectivity index (χ1n) is 9.35. The number of ether oxygens (including phenoxy) is 2. The van der Waals surface area contributed by atoms with Crippen molar-refractivity contribution >= 4 is 34.7 Å². The first kappa shape index (κ1) is 19.7. The molecule has 0 unspecified atom stereocenters. The Bertz CT molecular complexity index is 1280. The van der Waals surface area contributed by atoms with E-state index in [4.69, 9.17) is 21.1 Å². The lowest BCUT2D eigenvalue weighted by Crippen LogP contribution is -2.09. The minimum absolute atomic E-state index is 0.166. The Morgan fingerprint density at radius 2 is 1.80 bits per heavy atom. The van der Waals surface area contributed by atoms with Gasteiger partial charge in [0.15, 0.2) is 11.5 Å². The van der Waals surface area contributed by atoms with Crippen LogP contribution >= 0.6 is 11.6 Å². The highest BCUT2D eigenvalue weighted by Crippen LogP contribution is 2.30. The lowest BCUT2D eigenvalue weighted by molar-refractivity contribution is 0.284. The normalized spacial score (nSPS) is 11.1. The smallest absolute Gasteiger partial charge is 0.259 e. The van der Waals surface area contributed by atoms with E-state index in [-0.39, 0.29) is 5.56 Å². The summed E-state index contributed by atoms with van der Waals surface area (Å²) in [5, 5.41) is 1.23. The summed E-state index contributed by atoms with van der Waals surface area (Å²) >= 11 is 6.18. The van der Waals surface area contributed by atoms with Crippen molar-refractivity contribution in [2.45, 2.75) is 6.61 Å². The molecule has 0 amide bonds.